The minimum Gasteiger partial charge on any atom is -0.0683 e. The van der Waals surface area contributed by atoms with E-state index in [2.05, 4.69) is 74.5 Å². The SMILES string of the molecule is CC.CC.Cc1cccc2c3c(ccc12)Cc1ccc2c(C)cccc2c1-3. The Labute approximate surface area is 163 Å². The maximum absolute atomic E-state index is 2.33. The first-order valence-corrected chi connectivity index (χ1v) is 10.3. The Kier molecular flexibility index (Phi) is 5.65. The lowest BCUT2D eigenvalue weighted by molar-refractivity contribution is 1.27. The van der Waals surface area contributed by atoms with Crippen molar-refractivity contribution in [1.29, 1.82) is 0 Å². The van der Waals surface area contributed by atoms with Crippen molar-refractivity contribution in [2.24, 2.45) is 0 Å². The van der Waals surface area contributed by atoms with E-state index < -0.39 is 0 Å². The van der Waals surface area contributed by atoms with Gasteiger partial charge >= 0.3 is 0 Å². The molecule has 4 aromatic carbocycles. The molecule has 0 aromatic heterocycles. The van der Waals surface area contributed by atoms with Crippen molar-refractivity contribution in [2.75, 3.05) is 0 Å². The van der Waals surface area contributed by atoms with Gasteiger partial charge in [-0.25, -0.2) is 0 Å². The Hall–Kier alpha value is -2.60. The summed E-state index contributed by atoms with van der Waals surface area (Å²) < 4.78 is 0. The Morgan fingerprint density at radius 1 is 0.481 bits per heavy atom. The molecule has 0 bridgehead atoms. The molecule has 5 rings (SSSR count). The second-order valence-corrected chi connectivity index (χ2v) is 6.72. The van der Waals surface area contributed by atoms with Crippen LogP contribution in [0.5, 0.6) is 0 Å². The Morgan fingerprint density at radius 3 is 1.30 bits per heavy atom. The van der Waals surface area contributed by atoms with E-state index in [0.717, 1.165) is 6.42 Å². The maximum Gasteiger partial charge on any atom is -0.00130 e. The van der Waals surface area contributed by atoms with Crippen molar-refractivity contribution in [1.82, 2.24) is 0 Å². The summed E-state index contributed by atoms with van der Waals surface area (Å²) in [6, 6.07) is 22.6. The van der Waals surface area contributed by atoms with Gasteiger partial charge in [0.2, 0.25) is 0 Å². The quantitative estimate of drug-likeness (QED) is 0.263. The summed E-state index contributed by atoms with van der Waals surface area (Å²) in [6.45, 7) is 12.4. The van der Waals surface area contributed by atoms with E-state index in [1.54, 1.807) is 0 Å². The summed E-state index contributed by atoms with van der Waals surface area (Å²) in [6.07, 6.45) is 1.05. The number of rotatable bonds is 0. The van der Waals surface area contributed by atoms with Crippen LogP contribution in [0.4, 0.5) is 0 Å². The molecule has 0 atom stereocenters. The highest BCUT2D eigenvalue weighted by atomic mass is 14.3. The van der Waals surface area contributed by atoms with E-state index in [4.69, 9.17) is 0 Å². The molecule has 4 aromatic rings. The van der Waals surface area contributed by atoms with Gasteiger partial charge in [-0.05, 0) is 75.2 Å². The number of hydrogen-bond acceptors (Lipinski definition) is 0. The van der Waals surface area contributed by atoms with Crippen LogP contribution in [0.25, 0.3) is 32.7 Å². The van der Waals surface area contributed by atoms with Crippen LogP contribution in [0.3, 0.4) is 0 Å². The van der Waals surface area contributed by atoms with Crippen LogP contribution in [-0.2, 0) is 6.42 Å². The number of aryl methyl sites for hydroxylation is 2. The molecule has 0 aliphatic heterocycles. The zero-order chi connectivity index (χ0) is 19.6. The zero-order valence-electron chi connectivity index (χ0n) is 17.5. The Morgan fingerprint density at radius 2 is 0.889 bits per heavy atom. The van der Waals surface area contributed by atoms with Crippen molar-refractivity contribution >= 4 is 21.5 Å². The molecule has 0 saturated carbocycles. The second-order valence-electron chi connectivity index (χ2n) is 6.72. The normalized spacial score (nSPS) is 11.2. The van der Waals surface area contributed by atoms with Gasteiger partial charge in [0.1, 0.15) is 0 Å². The maximum atomic E-state index is 2.33. The molecule has 0 heteroatoms. The molecule has 0 saturated heterocycles. The van der Waals surface area contributed by atoms with Gasteiger partial charge < -0.3 is 0 Å². The van der Waals surface area contributed by atoms with E-state index in [1.807, 2.05) is 27.7 Å². The predicted octanol–water partition coefficient (Wildman–Crippen LogP) is 8.23. The third kappa shape index (κ3) is 3.04. The van der Waals surface area contributed by atoms with Crippen LogP contribution in [-0.4, -0.2) is 0 Å². The highest BCUT2D eigenvalue weighted by Crippen LogP contribution is 2.45. The number of hydrogen-bond donors (Lipinski definition) is 0. The lowest BCUT2D eigenvalue weighted by Crippen LogP contribution is -1.87. The van der Waals surface area contributed by atoms with Gasteiger partial charge in [0.05, 0.1) is 0 Å². The van der Waals surface area contributed by atoms with Crippen molar-refractivity contribution in [3.8, 4) is 11.1 Å². The Bertz CT molecular complexity index is 1010. The molecule has 0 radical (unpaired) electrons. The molecule has 0 amide bonds. The van der Waals surface area contributed by atoms with Crippen molar-refractivity contribution < 1.29 is 0 Å². The first kappa shape index (κ1) is 19.2. The van der Waals surface area contributed by atoms with Gasteiger partial charge in [-0.3, -0.25) is 0 Å². The summed E-state index contributed by atoms with van der Waals surface area (Å²) in [5.41, 5.74) is 8.55. The van der Waals surface area contributed by atoms with Crippen molar-refractivity contribution in [3.05, 3.63) is 82.9 Å². The van der Waals surface area contributed by atoms with E-state index in [0.29, 0.717) is 0 Å². The Balaban J connectivity index is 0.000000495. The monoisotopic (exact) mass is 354 g/mol. The number of fused-ring (bicyclic) bond motifs is 7. The first-order valence-electron chi connectivity index (χ1n) is 10.3. The average Bonchev–Trinajstić information content (AvgIpc) is 3.11. The van der Waals surface area contributed by atoms with Crippen molar-refractivity contribution in [3.63, 3.8) is 0 Å². The molecule has 0 unspecified atom stereocenters. The highest BCUT2D eigenvalue weighted by Gasteiger charge is 2.23. The predicted molar refractivity (Wildman–Crippen MR) is 122 cm³/mol. The molecule has 0 N–H and O–H groups in total. The van der Waals surface area contributed by atoms with Crippen molar-refractivity contribution in [2.45, 2.75) is 48.0 Å². The van der Waals surface area contributed by atoms with Crippen LogP contribution < -0.4 is 0 Å². The van der Waals surface area contributed by atoms with Gasteiger partial charge in [0.25, 0.3) is 0 Å². The molecule has 0 nitrogen and oxygen atoms in total. The minimum absolute atomic E-state index is 1.05. The van der Waals surface area contributed by atoms with Gasteiger partial charge in [0, 0.05) is 0 Å². The van der Waals surface area contributed by atoms with Gasteiger partial charge in [-0.1, -0.05) is 88.4 Å². The molecular weight excluding hydrogens is 324 g/mol. The van der Waals surface area contributed by atoms with E-state index in [9.17, 15) is 0 Å². The van der Waals surface area contributed by atoms with Gasteiger partial charge in [0.15, 0.2) is 0 Å². The molecule has 1 aliphatic rings. The smallest absolute Gasteiger partial charge is 0.00130 e. The van der Waals surface area contributed by atoms with E-state index in [1.165, 1.54) is 54.9 Å². The third-order valence-corrected chi connectivity index (χ3v) is 5.36. The molecule has 27 heavy (non-hydrogen) atoms. The zero-order valence-corrected chi connectivity index (χ0v) is 17.5. The molecule has 0 fully saturated rings. The fourth-order valence-electron chi connectivity index (χ4n) is 4.21. The van der Waals surface area contributed by atoms with Gasteiger partial charge in [-0.15, -0.1) is 0 Å². The lowest BCUT2D eigenvalue weighted by atomic mass is 9.92. The van der Waals surface area contributed by atoms with Crippen LogP contribution >= 0.6 is 0 Å². The highest BCUT2D eigenvalue weighted by molar-refractivity contribution is 6.10. The van der Waals surface area contributed by atoms with E-state index in [-0.39, 0.29) is 0 Å². The topological polar surface area (TPSA) is 0 Å². The molecular formula is C27H30. The van der Waals surface area contributed by atoms with Crippen LogP contribution in [0.2, 0.25) is 0 Å². The minimum atomic E-state index is 1.05. The number of benzene rings is 4. The fourth-order valence-corrected chi connectivity index (χ4v) is 4.21. The third-order valence-electron chi connectivity index (χ3n) is 5.36. The first-order chi connectivity index (χ1) is 13.2. The molecule has 1 aliphatic carbocycles. The largest absolute Gasteiger partial charge is 0.0683 e. The van der Waals surface area contributed by atoms with E-state index >= 15 is 0 Å². The van der Waals surface area contributed by atoms with Crippen LogP contribution in [0, 0.1) is 13.8 Å². The molecule has 138 valence electrons. The summed E-state index contributed by atoms with van der Waals surface area (Å²) >= 11 is 0. The van der Waals surface area contributed by atoms with Crippen LogP contribution in [0.1, 0.15) is 49.9 Å². The second kappa shape index (κ2) is 7.96. The molecule has 0 heterocycles. The lowest BCUT2D eigenvalue weighted by Gasteiger charge is -2.12. The summed E-state index contributed by atoms with van der Waals surface area (Å²) in [5, 5.41) is 5.55. The molecule has 0 spiro atoms. The summed E-state index contributed by atoms with van der Waals surface area (Å²) in [7, 11) is 0. The van der Waals surface area contributed by atoms with Crippen LogP contribution in [0.15, 0.2) is 60.7 Å². The average molecular weight is 355 g/mol. The fraction of sp³-hybridized carbons (Fsp3) is 0.259. The van der Waals surface area contributed by atoms with Gasteiger partial charge in [-0.2, -0.15) is 0 Å². The summed E-state index contributed by atoms with van der Waals surface area (Å²) in [4.78, 5) is 0. The summed E-state index contributed by atoms with van der Waals surface area (Å²) in [5.74, 6) is 0. The standard InChI is InChI=1S/C23H18.2C2H6/c1-14-5-3-7-20-18(14)11-9-16-13-17-10-12-19-15(2)6-4-8-21(19)23(17)22(16)20;2*1-2/h3-12H,13H2,1-2H3;2*1-2H3.